The minimum atomic E-state index is -0.173. The van der Waals surface area contributed by atoms with E-state index in [9.17, 15) is 4.79 Å². The molecule has 1 N–H and O–H groups in total. The molecule has 0 saturated carbocycles. The maximum atomic E-state index is 11.5. The van der Waals surface area contributed by atoms with Crippen molar-refractivity contribution in [3.05, 3.63) is 0 Å². The van der Waals surface area contributed by atoms with Crippen molar-refractivity contribution in [3.63, 3.8) is 0 Å². The van der Waals surface area contributed by atoms with E-state index >= 15 is 0 Å². The summed E-state index contributed by atoms with van der Waals surface area (Å²) in [7, 11) is 0. The molecule has 0 aliphatic heterocycles. The predicted molar refractivity (Wildman–Crippen MR) is 61.4 cm³/mol. The quantitative estimate of drug-likeness (QED) is 0.396. The molecule has 86 valence electrons. The second-order valence-electron chi connectivity index (χ2n) is 3.22. The Bertz CT molecular complexity index is 228. The van der Waals surface area contributed by atoms with E-state index in [1.807, 2.05) is 13.8 Å². The van der Waals surface area contributed by atoms with Gasteiger partial charge in [0.15, 0.2) is 0 Å². The van der Waals surface area contributed by atoms with Crippen molar-refractivity contribution in [2.75, 3.05) is 13.2 Å². The van der Waals surface area contributed by atoms with Gasteiger partial charge in [0.05, 0.1) is 6.61 Å². The third kappa shape index (κ3) is 6.98. The molecule has 0 aliphatic carbocycles. The molecule has 0 aromatic rings. The predicted octanol–water partition coefficient (Wildman–Crippen LogP) is 1.72. The average molecular weight is 211 g/mol. The fourth-order valence-corrected chi connectivity index (χ4v) is 1.27. The molecule has 1 atom stereocenters. The molecule has 0 amide bonds. The number of nitrogens with one attached hydrogen (secondary N) is 1. The van der Waals surface area contributed by atoms with Gasteiger partial charge in [0.25, 0.3) is 0 Å². The molecule has 0 fully saturated rings. The number of esters is 1. The van der Waals surface area contributed by atoms with Gasteiger partial charge in [-0.15, -0.1) is 11.8 Å². The van der Waals surface area contributed by atoms with Crippen LogP contribution in [0.4, 0.5) is 0 Å². The molecule has 0 aromatic carbocycles. The molecule has 15 heavy (non-hydrogen) atoms. The standard InChI is InChI=1S/C12H21NO2/c1-4-7-8-10-13-11(9-5-2)12(14)15-6-3/h11,13H,5-6,8-10H2,1-3H3. The van der Waals surface area contributed by atoms with E-state index in [2.05, 4.69) is 24.1 Å². The lowest BCUT2D eigenvalue weighted by atomic mass is 10.1. The lowest BCUT2D eigenvalue weighted by Crippen LogP contribution is -2.38. The van der Waals surface area contributed by atoms with Crippen LogP contribution in [0.25, 0.3) is 0 Å². The van der Waals surface area contributed by atoms with Crippen LogP contribution in [-0.4, -0.2) is 25.2 Å². The number of carbonyl (C=O) groups is 1. The number of ether oxygens (including phenoxy) is 1. The first kappa shape index (κ1) is 14.0. The van der Waals surface area contributed by atoms with Crippen LogP contribution >= 0.6 is 0 Å². The summed E-state index contributed by atoms with van der Waals surface area (Å²) >= 11 is 0. The summed E-state index contributed by atoms with van der Waals surface area (Å²) in [4.78, 5) is 11.5. The Morgan fingerprint density at radius 1 is 1.47 bits per heavy atom. The normalized spacial score (nSPS) is 11.4. The Balaban J connectivity index is 3.90. The molecule has 0 rings (SSSR count). The van der Waals surface area contributed by atoms with Crippen LogP contribution in [0.2, 0.25) is 0 Å². The fourth-order valence-electron chi connectivity index (χ4n) is 1.27. The van der Waals surface area contributed by atoms with Crippen LogP contribution in [-0.2, 0) is 9.53 Å². The zero-order valence-corrected chi connectivity index (χ0v) is 9.93. The van der Waals surface area contributed by atoms with Crippen LogP contribution in [0.15, 0.2) is 0 Å². The van der Waals surface area contributed by atoms with Gasteiger partial charge >= 0.3 is 5.97 Å². The highest BCUT2D eigenvalue weighted by Crippen LogP contribution is 1.99. The molecule has 3 nitrogen and oxygen atoms in total. The van der Waals surface area contributed by atoms with Gasteiger partial charge in [0, 0.05) is 13.0 Å². The third-order valence-corrected chi connectivity index (χ3v) is 1.97. The molecule has 3 heteroatoms. The molecule has 0 heterocycles. The topological polar surface area (TPSA) is 38.3 Å². The van der Waals surface area contributed by atoms with Crippen molar-refractivity contribution in [2.45, 2.75) is 46.1 Å². The lowest BCUT2D eigenvalue weighted by Gasteiger charge is -2.15. The Hall–Kier alpha value is -1.01. The molecular formula is C12H21NO2. The average Bonchev–Trinajstić information content (AvgIpc) is 2.23. The van der Waals surface area contributed by atoms with Crippen LogP contribution in [0.1, 0.15) is 40.0 Å². The summed E-state index contributed by atoms with van der Waals surface area (Å²) in [6.45, 7) is 6.87. The highest BCUT2D eigenvalue weighted by atomic mass is 16.5. The zero-order valence-electron chi connectivity index (χ0n) is 9.93. The maximum absolute atomic E-state index is 11.5. The van der Waals surface area contributed by atoms with Crippen LogP contribution in [0, 0.1) is 11.8 Å². The van der Waals surface area contributed by atoms with Gasteiger partial charge in [-0.2, -0.15) is 0 Å². The lowest BCUT2D eigenvalue weighted by molar-refractivity contribution is -0.145. The molecule has 0 spiro atoms. The number of carbonyl (C=O) groups excluding carboxylic acids is 1. The minimum absolute atomic E-state index is 0.149. The summed E-state index contributed by atoms with van der Waals surface area (Å²) in [6, 6.07) is -0.173. The van der Waals surface area contributed by atoms with Crippen molar-refractivity contribution >= 4 is 5.97 Å². The van der Waals surface area contributed by atoms with E-state index in [0.29, 0.717) is 6.61 Å². The Labute approximate surface area is 92.6 Å². The highest BCUT2D eigenvalue weighted by Gasteiger charge is 2.17. The Morgan fingerprint density at radius 2 is 2.20 bits per heavy atom. The molecule has 0 aliphatic rings. The van der Waals surface area contributed by atoms with Crippen molar-refractivity contribution < 1.29 is 9.53 Å². The van der Waals surface area contributed by atoms with E-state index in [-0.39, 0.29) is 12.0 Å². The third-order valence-electron chi connectivity index (χ3n) is 1.97. The van der Waals surface area contributed by atoms with E-state index < -0.39 is 0 Å². The second kappa shape index (κ2) is 9.54. The minimum Gasteiger partial charge on any atom is -0.465 e. The van der Waals surface area contributed by atoms with Gasteiger partial charge in [-0.3, -0.25) is 4.79 Å². The zero-order chi connectivity index (χ0) is 11.5. The van der Waals surface area contributed by atoms with Gasteiger partial charge in [0.2, 0.25) is 0 Å². The second-order valence-corrected chi connectivity index (χ2v) is 3.22. The molecule has 0 aromatic heterocycles. The van der Waals surface area contributed by atoms with Gasteiger partial charge in [-0.25, -0.2) is 0 Å². The number of rotatable bonds is 7. The van der Waals surface area contributed by atoms with E-state index in [0.717, 1.165) is 25.8 Å². The number of hydrogen-bond acceptors (Lipinski definition) is 3. The molecule has 0 bridgehead atoms. The molecule has 0 radical (unpaired) electrons. The Morgan fingerprint density at radius 3 is 2.73 bits per heavy atom. The summed E-state index contributed by atoms with van der Waals surface area (Å²) < 4.78 is 4.98. The SMILES string of the molecule is CC#CCCNC(CCC)C(=O)OCC. The van der Waals surface area contributed by atoms with Gasteiger partial charge in [-0.05, 0) is 20.3 Å². The van der Waals surface area contributed by atoms with Crippen molar-refractivity contribution in [1.29, 1.82) is 0 Å². The monoisotopic (exact) mass is 211 g/mol. The van der Waals surface area contributed by atoms with Gasteiger partial charge < -0.3 is 10.1 Å². The summed E-state index contributed by atoms with van der Waals surface area (Å²) in [5, 5.41) is 3.16. The Kier molecular flexibility index (Phi) is 8.90. The first-order chi connectivity index (χ1) is 7.26. The molecule has 1 unspecified atom stereocenters. The smallest absolute Gasteiger partial charge is 0.323 e. The van der Waals surface area contributed by atoms with Crippen LogP contribution < -0.4 is 5.32 Å². The largest absolute Gasteiger partial charge is 0.465 e. The van der Waals surface area contributed by atoms with E-state index in [4.69, 9.17) is 4.74 Å². The van der Waals surface area contributed by atoms with Crippen LogP contribution in [0.5, 0.6) is 0 Å². The van der Waals surface area contributed by atoms with E-state index in [1.54, 1.807) is 0 Å². The summed E-state index contributed by atoms with van der Waals surface area (Å²) in [6.07, 6.45) is 2.56. The number of hydrogen-bond donors (Lipinski definition) is 1. The summed E-state index contributed by atoms with van der Waals surface area (Å²) in [5.74, 6) is 5.62. The molecule has 0 saturated heterocycles. The maximum Gasteiger partial charge on any atom is 0.323 e. The van der Waals surface area contributed by atoms with Crippen molar-refractivity contribution in [3.8, 4) is 11.8 Å². The first-order valence-corrected chi connectivity index (χ1v) is 5.55. The van der Waals surface area contributed by atoms with Gasteiger partial charge in [0.1, 0.15) is 6.04 Å². The van der Waals surface area contributed by atoms with Crippen molar-refractivity contribution in [2.24, 2.45) is 0 Å². The summed E-state index contributed by atoms with van der Waals surface area (Å²) in [5.41, 5.74) is 0. The van der Waals surface area contributed by atoms with E-state index in [1.165, 1.54) is 0 Å². The fraction of sp³-hybridized carbons (Fsp3) is 0.750. The van der Waals surface area contributed by atoms with Crippen LogP contribution in [0.3, 0.4) is 0 Å². The molecular weight excluding hydrogens is 190 g/mol. The van der Waals surface area contributed by atoms with Crippen molar-refractivity contribution in [1.82, 2.24) is 5.32 Å². The van der Waals surface area contributed by atoms with Gasteiger partial charge in [-0.1, -0.05) is 13.3 Å². The first-order valence-electron chi connectivity index (χ1n) is 5.55. The highest BCUT2D eigenvalue weighted by molar-refractivity contribution is 5.75.